The molecule has 2 N–H and O–H groups in total. The molecule has 1 heterocycles. The first-order valence-corrected chi connectivity index (χ1v) is 12.8. The number of nitrogens with zero attached hydrogens (tertiary/aromatic N) is 2. The van der Waals surface area contributed by atoms with Crippen molar-refractivity contribution in [2.24, 2.45) is 0 Å². The van der Waals surface area contributed by atoms with Crippen molar-refractivity contribution in [2.75, 3.05) is 13.1 Å². The molecule has 0 saturated carbocycles. The van der Waals surface area contributed by atoms with E-state index in [4.69, 9.17) is 0 Å². The second kappa shape index (κ2) is 12.1. The van der Waals surface area contributed by atoms with Gasteiger partial charge in [0.1, 0.15) is 0 Å². The molecule has 0 aliphatic carbocycles. The van der Waals surface area contributed by atoms with Crippen LogP contribution in [0.3, 0.4) is 0 Å². The van der Waals surface area contributed by atoms with Gasteiger partial charge in [-0.3, -0.25) is 19.2 Å². The van der Waals surface area contributed by atoms with E-state index in [0.717, 1.165) is 34.2 Å². The predicted octanol–water partition coefficient (Wildman–Crippen LogP) is 4.23. The highest BCUT2D eigenvalue weighted by Crippen LogP contribution is 2.24. The largest absolute Gasteiger partial charge is 0.481 e. The van der Waals surface area contributed by atoms with Crippen LogP contribution in [-0.2, 0) is 9.59 Å². The summed E-state index contributed by atoms with van der Waals surface area (Å²) in [6, 6.07) is 15.5. The molecule has 4 rings (SSSR count). The van der Waals surface area contributed by atoms with Crippen molar-refractivity contribution in [1.82, 2.24) is 15.1 Å². The van der Waals surface area contributed by atoms with Crippen LogP contribution < -0.4 is 5.32 Å². The number of carbonyl (C=O) groups excluding carboxylic acids is 3. The molecule has 0 bridgehead atoms. The van der Waals surface area contributed by atoms with Crippen LogP contribution in [0.4, 0.5) is 8.78 Å². The lowest BCUT2D eigenvalue weighted by atomic mass is 10.0. The first-order chi connectivity index (χ1) is 19.0. The van der Waals surface area contributed by atoms with Gasteiger partial charge < -0.3 is 20.2 Å². The van der Waals surface area contributed by atoms with E-state index >= 15 is 0 Å². The third-order valence-corrected chi connectivity index (χ3v) is 6.72. The SMILES string of the molecule is Cc1cccc(C(=O)N2CCCN(C(=O)c3ccc(F)c(F)c3)C2C(=O)NC(CC(=O)O)c2cccc(C)c2)c1. The number of amides is 3. The summed E-state index contributed by atoms with van der Waals surface area (Å²) in [4.78, 5) is 55.2. The molecule has 208 valence electrons. The Morgan fingerprint density at radius 3 is 2.02 bits per heavy atom. The van der Waals surface area contributed by atoms with Gasteiger partial charge in [0.2, 0.25) is 0 Å². The molecule has 1 fully saturated rings. The molecule has 0 aromatic heterocycles. The maximum atomic E-state index is 14.0. The van der Waals surface area contributed by atoms with E-state index in [2.05, 4.69) is 5.32 Å². The van der Waals surface area contributed by atoms with Crippen molar-refractivity contribution in [3.63, 3.8) is 0 Å². The molecule has 0 radical (unpaired) electrons. The Balaban J connectivity index is 1.74. The summed E-state index contributed by atoms with van der Waals surface area (Å²) >= 11 is 0. The maximum absolute atomic E-state index is 14.0. The second-order valence-electron chi connectivity index (χ2n) is 9.80. The number of aryl methyl sites for hydroxylation is 2. The number of nitrogens with one attached hydrogen (secondary N) is 1. The summed E-state index contributed by atoms with van der Waals surface area (Å²) in [5.74, 6) is -5.56. The number of hydrogen-bond donors (Lipinski definition) is 2. The van der Waals surface area contributed by atoms with Gasteiger partial charge in [0.25, 0.3) is 17.7 Å². The molecule has 0 spiro atoms. The van der Waals surface area contributed by atoms with Gasteiger partial charge in [0, 0.05) is 24.2 Å². The fraction of sp³-hybridized carbons (Fsp3) is 0.267. The third kappa shape index (κ3) is 6.33. The average molecular weight is 550 g/mol. The number of rotatable bonds is 7. The Morgan fingerprint density at radius 1 is 0.850 bits per heavy atom. The van der Waals surface area contributed by atoms with Crippen LogP contribution in [-0.4, -0.2) is 57.9 Å². The Morgan fingerprint density at radius 2 is 1.45 bits per heavy atom. The number of hydrogen-bond acceptors (Lipinski definition) is 4. The van der Waals surface area contributed by atoms with Crippen LogP contribution in [0.2, 0.25) is 0 Å². The molecule has 3 amide bonds. The minimum absolute atomic E-state index is 0.0571. The first kappa shape index (κ1) is 28.4. The minimum Gasteiger partial charge on any atom is -0.481 e. The van der Waals surface area contributed by atoms with Crippen LogP contribution >= 0.6 is 0 Å². The normalized spacial score (nSPS) is 15.8. The minimum atomic E-state index is -1.47. The number of carboxylic acid groups (broad SMARTS) is 1. The molecule has 1 aliphatic heterocycles. The van der Waals surface area contributed by atoms with E-state index in [1.807, 2.05) is 26.0 Å². The van der Waals surface area contributed by atoms with Crippen molar-refractivity contribution in [3.8, 4) is 0 Å². The van der Waals surface area contributed by atoms with E-state index in [9.17, 15) is 33.1 Å². The second-order valence-corrected chi connectivity index (χ2v) is 9.80. The standard InChI is InChI=1S/C30H29F2N3O5/c1-18-6-3-8-20(14-18)25(17-26(36)37)33-27(38)28-34(29(39)21-9-4-7-19(2)15-21)12-5-13-35(28)30(40)22-10-11-23(31)24(32)16-22/h3-4,6-11,14-16,25,28H,5,12-13,17H2,1-2H3,(H,33,38)(H,36,37). The summed E-state index contributed by atoms with van der Waals surface area (Å²) in [5, 5.41) is 12.3. The van der Waals surface area contributed by atoms with Crippen molar-refractivity contribution in [1.29, 1.82) is 0 Å². The fourth-order valence-electron chi connectivity index (χ4n) is 4.83. The zero-order valence-corrected chi connectivity index (χ0v) is 22.1. The molecule has 3 aromatic rings. The van der Waals surface area contributed by atoms with Gasteiger partial charge in [0.15, 0.2) is 17.8 Å². The zero-order chi connectivity index (χ0) is 29.0. The Hall–Kier alpha value is -4.60. The van der Waals surface area contributed by atoms with Gasteiger partial charge in [-0.05, 0) is 56.2 Å². The van der Waals surface area contributed by atoms with Crippen LogP contribution in [0.5, 0.6) is 0 Å². The van der Waals surface area contributed by atoms with Gasteiger partial charge in [0.05, 0.1) is 12.5 Å². The van der Waals surface area contributed by atoms with Crippen LogP contribution in [0.25, 0.3) is 0 Å². The molecular weight excluding hydrogens is 520 g/mol. The average Bonchev–Trinajstić information content (AvgIpc) is 2.92. The van der Waals surface area contributed by atoms with Crippen LogP contribution in [0.1, 0.15) is 56.3 Å². The first-order valence-electron chi connectivity index (χ1n) is 12.8. The lowest BCUT2D eigenvalue weighted by molar-refractivity contribution is -0.138. The number of benzene rings is 3. The number of halogens is 2. The zero-order valence-electron chi connectivity index (χ0n) is 22.1. The van der Waals surface area contributed by atoms with Gasteiger partial charge >= 0.3 is 5.97 Å². The fourth-order valence-corrected chi connectivity index (χ4v) is 4.83. The van der Waals surface area contributed by atoms with Crippen molar-refractivity contribution in [2.45, 2.75) is 38.9 Å². The predicted molar refractivity (Wildman–Crippen MR) is 142 cm³/mol. The summed E-state index contributed by atoms with van der Waals surface area (Å²) < 4.78 is 27.6. The smallest absolute Gasteiger partial charge is 0.305 e. The quantitative estimate of drug-likeness (QED) is 0.459. The molecule has 3 aromatic carbocycles. The molecular formula is C30H29F2N3O5. The highest BCUT2D eigenvalue weighted by Gasteiger charge is 2.41. The van der Waals surface area contributed by atoms with Crippen molar-refractivity contribution in [3.05, 3.63) is 106 Å². The van der Waals surface area contributed by atoms with E-state index in [1.54, 1.807) is 36.4 Å². The summed E-state index contributed by atoms with van der Waals surface area (Å²) in [7, 11) is 0. The van der Waals surface area contributed by atoms with E-state index in [1.165, 1.54) is 4.90 Å². The maximum Gasteiger partial charge on any atom is 0.305 e. The van der Waals surface area contributed by atoms with Gasteiger partial charge in [-0.2, -0.15) is 0 Å². The van der Waals surface area contributed by atoms with Crippen LogP contribution in [0.15, 0.2) is 66.7 Å². The Bertz CT molecular complexity index is 1460. The summed E-state index contributed by atoms with van der Waals surface area (Å²) in [6.45, 7) is 3.84. The Kier molecular flexibility index (Phi) is 8.57. The van der Waals surface area contributed by atoms with Crippen molar-refractivity contribution >= 4 is 23.7 Å². The van der Waals surface area contributed by atoms with Gasteiger partial charge in [-0.25, -0.2) is 8.78 Å². The molecule has 1 saturated heterocycles. The van der Waals surface area contributed by atoms with E-state index < -0.39 is 54.0 Å². The Labute approximate surface area is 230 Å². The monoisotopic (exact) mass is 549 g/mol. The molecule has 10 heteroatoms. The molecule has 1 aliphatic rings. The van der Waals surface area contributed by atoms with Gasteiger partial charge in [-0.15, -0.1) is 0 Å². The van der Waals surface area contributed by atoms with Crippen molar-refractivity contribution < 1.29 is 33.1 Å². The highest BCUT2D eigenvalue weighted by atomic mass is 19.2. The van der Waals surface area contributed by atoms with E-state index in [-0.39, 0.29) is 18.7 Å². The summed E-state index contributed by atoms with van der Waals surface area (Å²) in [6.07, 6.45) is -1.58. The molecule has 8 nitrogen and oxygen atoms in total. The topological polar surface area (TPSA) is 107 Å². The highest BCUT2D eigenvalue weighted by molar-refractivity contribution is 6.01. The number of carbonyl (C=O) groups is 4. The lowest BCUT2D eigenvalue weighted by Gasteiger charge is -2.43. The lowest BCUT2D eigenvalue weighted by Crippen LogP contribution is -2.63. The molecule has 40 heavy (non-hydrogen) atoms. The van der Waals surface area contributed by atoms with Crippen LogP contribution in [0, 0.1) is 25.5 Å². The molecule has 2 unspecified atom stereocenters. The number of carboxylic acids is 1. The molecule has 2 atom stereocenters. The van der Waals surface area contributed by atoms with E-state index in [0.29, 0.717) is 17.5 Å². The number of aliphatic carboxylic acids is 1. The third-order valence-electron chi connectivity index (χ3n) is 6.72. The van der Waals surface area contributed by atoms with Gasteiger partial charge in [-0.1, -0.05) is 47.5 Å². The summed E-state index contributed by atoms with van der Waals surface area (Å²) in [5.41, 5.74) is 2.33.